The van der Waals surface area contributed by atoms with Gasteiger partial charge >= 0.3 is 0 Å². The molecule has 0 unspecified atom stereocenters. The van der Waals surface area contributed by atoms with Crippen LogP contribution in [0.15, 0.2) is 48.7 Å². The van der Waals surface area contributed by atoms with Crippen LogP contribution in [-0.4, -0.2) is 34.8 Å². The number of carbonyl (C=O) groups excluding carboxylic acids is 2. The van der Waals surface area contributed by atoms with Crippen LogP contribution in [0.25, 0.3) is 0 Å². The molecule has 2 aromatic rings. The van der Waals surface area contributed by atoms with Gasteiger partial charge in [-0.05, 0) is 43.0 Å². The molecule has 1 aromatic carbocycles. The Morgan fingerprint density at radius 3 is 2.54 bits per heavy atom. The molecule has 1 N–H and O–H groups in total. The maximum absolute atomic E-state index is 12.6. The molecule has 5 heteroatoms. The zero-order valence-corrected chi connectivity index (χ0v) is 13.7. The highest BCUT2D eigenvalue weighted by atomic mass is 16.2. The quantitative estimate of drug-likeness (QED) is 0.943. The molecule has 1 aliphatic rings. The molecule has 0 aliphatic carbocycles. The predicted octanol–water partition coefficient (Wildman–Crippen LogP) is 3.21. The number of benzene rings is 1. The molecule has 0 bridgehead atoms. The first-order valence-electron chi connectivity index (χ1n) is 8.25. The summed E-state index contributed by atoms with van der Waals surface area (Å²) in [5.41, 5.74) is 1.46. The second-order valence-electron chi connectivity index (χ2n) is 6.22. The normalized spacial score (nSPS) is 15.1. The predicted molar refractivity (Wildman–Crippen MR) is 92.9 cm³/mol. The molecule has 2 amide bonds. The molecule has 0 radical (unpaired) electrons. The van der Waals surface area contributed by atoms with Crippen LogP contribution in [0.1, 0.15) is 40.6 Å². The van der Waals surface area contributed by atoms with E-state index in [0.29, 0.717) is 17.2 Å². The van der Waals surface area contributed by atoms with Gasteiger partial charge in [0.25, 0.3) is 11.8 Å². The van der Waals surface area contributed by atoms with E-state index in [9.17, 15) is 9.59 Å². The molecule has 124 valence electrons. The minimum absolute atomic E-state index is 0.0296. The molecule has 0 saturated carbocycles. The highest BCUT2D eigenvalue weighted by Gasteiger charge is 2.22. The summed E-state index contributed by atoms with van der Waals surface area (Å²) in [6.45, 7) is 3.75. The van der Waals surface area contributed by atoms with Gasteiger partial charge in [-0.1, -0.05) is 25.1 Å². The van der Waals surface area contributed by atoms with Gasteiger partial charge in [0.15, 0.2) is 0 Å². The average molecular weight is 323 g/mol. The summed E-state index contributed by atoms with van der Waals surface area (Å²) in [5, 5.41) is 2.78. The van der Waals surface area contributed by atoms with E-state index >= 15 is 0 Å². The van der Waals surface area contributed by atoms with E-state index in [1.807, 2.05) is 35.2 Å². The second-order valence-corrected chi connectivity index (χ2v) is 6.22. The number of nitrogens with one attached hydrogen (secondary N) is 1. The van der Waals surface area contributed by atoms with Gasteiger partial charge in [0.2, 0.25) is 0 Å². The van der Waals surface area contributed by atoms with Gasteiger partial charge in [-0.3, -0.25) is 14.6 Å². The lowest BCUT2D eigenvalue weighted by atomic mass is 9.98. The van der Waals surface area contributed by atoms with E-state index in [4.69, 9.17) is 0 Å². The third-order valence-electron chi connectivity index (χ3n) is 4.34. The Morgan fingerprint density at radius 2 is 1.83 bits per heavy atom. The lowest BCUT2D eigenvalue weighted by Gasteiger charge is -2.30. The number of amides is 2. The summed E-state index contributed by atoms with van der Waals surface area (Å²) in [7, 11) is 0. The molecule has 0 spiro atoms. The molecule has 3 rings (SSSR count). The van der Waals surface area contributed by atoms with Crippen LogP contribution in [0.3, 0.4) is 0 Å². The van der Waals surface area contributed by atoms with Crippen molar-refractivity contribution in [3.05, 3.63) is 59.9 Å². The summed E-state index contributed by atoms with van der Waals surface area (Å²) < 4.78 is 0. The van der Waals surface area contributed by atoms with Gasteiger partial charge in [0, 0.05) is 30.5 Å². The fourth-order valence-corrected chi connectivity index (χ4v) is 2.80. The van der Waals surface area contributed by atoms with Crippen molar-refractivity contribution in [1.29, 1.82) is 0 Å². The van der Waals surface area contributed by atoms with Crippen LogP contribution in [0, 0.1) is 5.92 Å². The third-order valence-corrected chi connectivity index (χ3v) is 4.34. The van der Waals surface area contributed by atoms with Gasteiger partial charge in [0.05, 0.1) is 0 Å². The zero-order chi connectivity index (χ0) is 16.9. The van der Waals surface area contributed by atoms with E-state index in [1.54, 1.807) is 12.1 Å². The Bertz CT molecular complexity index is 722. The van der Waals surface area contributed by atoms with Crippen molar-refractivity contribution in [2.24, 2.45) is 5.92 Å². The van der Waals surface area contributed by atoms with Gasteiger partial charge < -0.3 is 10.2 Å². The smallest absolute Gasteiger partial charge is 0.274 e. The molecule has 1 aromatic heterocycles. The van der Waals surface area contributed by atoms with Crippen molar-refractivity contribution >= 4 is 17.5 Å². The highest BCUT2D eigenvalue weighted by molar-refractivity contribution is 6.04. The maximum Gasteiger partial charge on any atom is 0.274 e. The fraction of sp³-hybridized carbons (Fsp3) is 0.316. The topological polar surface area (TPSA) is 62.3 Å². The molecule has 0 atom stereocenters. The number of nitrogens with zero attached hydrogens (tertiary/aromatic N) is 2. The molecule has 1 aliphatic heterocycles. The Morgan fingerprint density at radius 1 is 1.12 bits per heavy atom. The lowest BCUT2D eigenvalue weighted by Crippen LogP contribution is -2.38. The molecule has 5 nitrogen and oxygen atoms in total. The Labute approximate surface area is 141 Å². The van der Waals surface area contributed by atoms with E-state index in [1.165, 1.54) is 6.20 Å². The van der Waals surface area contributed by atoms with Crippen LogP contribution < -0.4 is 5.32 Å². The van der Waals surface area contributed by atoms with Crippen molar-refractivity contribution in [2.75, 3.05) is 18.4 Å². The molecular formula is C19H21N3O2. The number of aromatic nitrogens is 1. The van der Waals surface area contributed by atoms with Gasteiger partial charge in [-0.2, -0.15) is 0 Å². The SMILES string of the molecule is CC1CCN(C(=O)c2ccnc(C(=O)Nc3ccccc3)c2)CC1. The monoisotopic (exact) mass is 323 g/mol. The summed E-state index contributed by atoms with van der Waals surface area (Å²) in [5.74, 6) is 0.319. The molecule has 24 heavy (non-hydrogen) atoms. The summed E-state index contributed by atoms with van der Waals surface area (Å²) in [6.07, 6.45) is 3.57. The van der Waals surface area contributed by atoms with Crippen molar-refractivity contribution < 1.29 is 9.59 Å². The van der Waals surface area contributed by atoms with Crippen molar-refractivity contribution in [3.8, 4) is 0 Å². The zero-order valence-electron chi connectivity index (χ0n) is 13.7. The molecule has 2 heterocycles. The number of carbonyl (C=O) groups is 2. The highest BCUT2D eigenvalue weighted by Crippen LogP contribution is 2.18. The van der Waals surface area contributed by atoms with E-state index < -0.39 is 0 Å². The standard InChI is InChI=1S/C19H21N3O2/c1-14-8-11-22(12-9-14)19(24)15-7-10-20-17(13-15)18(23)21-16-5-3-2-4-6-16/h2-7,10,13-14H,8-9,11-12H2,1H3,(H,21,23). The van der Waals surface area contributed by atoms with Crippen LogP contribution in [0.5, 0.6) is 0 Å². The number of hydrogen-bond acceptors (Lipinski definition) is 3. The van der Waals surface area contributed by atoms with Crippen LogP contribution >= 0.6 is 0 Å². The number of para-hydroxylation sites is 1. The van der Waals surface area contributed by atoms with Crippen LogP contribution in [-0.2, 0) is 0 Å². The van der Waals surface area contributed by atoms with Gasteiger partial charge in [0.1, 0.15) is 5.69 Å². The van der Waals surface area contributed by atoms with E-state index in [-0.39, 0.29) is 17.5 Å². The first-order chi connectivity index (χ1) is 11.6. The van der Waals surface area contributed by atoms with Gasteiger partial charge in [-0.15, -0.1) is 0 Å². The van der Waals surface area contributed by atoms with Crippen molar-refractivity contribution in [3.63, 3.8) is 0 Å². The Hall–Kier alpha value is -2.69. The van der Waals surface area contributed by atoms with E-state index in [0.717, 1.165) is 25.9 Å². The van der Waals surface area contributed by atoms with Crippen LogP contribution in [0.4, 0.5) is 5.69 Å². The fourth-order valence-electron chi connectivity index (χ4n) is 2.80. The number of hydrogen-bond donors (Lipinski definition) is 1. The Kier molecular flexibility index (Phi) is 4.89. The number of likely N-dealkylation sites (tertiary alicyclic amines) is 1. The summed E-state index contributed by atoms with van der Waals surface area (Å²) in [4.78, 5) is 30.9. The van der Waals surface area contributed by atoms with Crippen molar-refractivity contribution in [2.45, 2.75) is 19.8 Å². The first-order valence-corrected chi connectivity index (χ1v) is 8.25. The number of pyridine rings is 1. The minimum atomic E-state index is -0.317. The average Bonchev–Trinajstić information content (AvgIpc) is 2.63. The Balaban J connectivity index is 1.71. The third kappa shape index (κ3) is 3.79. The number of rotatable bonds is 3. The lowest BCUT2D eigenvalue weighted by molar-refractivity contribution is 0.0697. The summed E-state index contributed by atoms with van der Waals surface area (Å²) >= 11 is 0. The van der Waals surface area contributed by atoms with Crippen molar-refractivity contribution in [1.82, 2.24) is 9.88 Å². The second kappa shape index (κ2) is 7.25. The maximum atomic E-state index is 12.6. The molecular weight excluding hydrogens is 302 g/mol. The summed E-state index contributed by atoms with van der Waals surface area (Å²) in [6, 6.07) is 12.4. The largest absolute Gasteiger partial charge is 0.339 e. The van der Waals surface area contributed by atoms with Crippen LogP contribution in [0.2, 0.25) is 0 Å². The van der Waals surface area contributed by atoms with Gasteiger partial charge in [-0.25, -0.2) is 0 Å². The first kappa shape index (κ1) is 16.2. The molecule has 1 saturated heterocycles. The minimum Gasteiger partial charge on any atom is -0.339 e. The van der Waals surface area contributed by atoms with E-state index in [2.05, 4.69) is 17.2 Å². The number of piperidine rings is 1. The number of anilines is 1. The molecule has 1 fully saturated rings.